The van der Waals surface area contributed by atoms with E-state index in [-0.39, 0.29) is 11.2 Å². The van der Waals surface area contributed by atoms with Gasteiger partial charge in [-0.2, -0.15) is 0 Å². The first kappa shape index (κ1) is 15.9. The lowest BCUT2D eigenvalue weighted by Gasteiger charge is -2.20. The van der Waals surface area contributed by atoms with Gasteiger partial charge < -0.3 is 9.47 Å². The zero-order valence-corrected chi connectivity index (χ0v) is 12.1. The smallest absolute Gasteiger partial charge is 0.0598 e. The van der Waals surface area contributed by atoms with Crippen LogP contribution in [0.5, 0.6) is 0 Å². The SMILES string of the molecule is CC(C)(C)OCCCCCCOC(C)(C)C. The summed E-state index contributed by atoms with van der Waals surface area (Å²) in [5, 5.41) is 0. The fourth-order valence-electron chi connectivity index (χ4n) is 1.31. The maximum Gasteiger partial charge on any atom is 0.0598 e. The Labute approximate surface area is 102 Å². The minimum Gasteiger partial charge on any atom is -0.376 e. The van der Waals surface area contributed by atoms with Gasteiger partial charge in [0, 0.05) is 13.2 Å². The second kappa shape index (κ2) is 7.29. The Morgan fingerprint density at radius 3 is 1.12 bits per heavy atom. The summed E-state index contributed by atoms with van der Waals surface area (Å²) in [4.78, 5) is 0. The molecule has 2 nitrogen and oxygen atoms in total. The summed E-state index contributed by atoms with van der Waals surface area (Å²) in [6, 6.07) is 0. The molecule has 0 saturated carbocycles. The van der Waals surface area contributed by atoms with Crippen molar-refractivity contribution < 1.29 is 9.47 Å². The van der Waals surface area contributed by atoms with Crippen LogP contribution in [-0.2, 0) is 9.47 Å². The summed E-state index contributed by atoms with van der Waals surface area (Å²) < 4.78 is 11.3. The highest BCUT2D eigenvalue weighted by Gasteiger charge is 2.09. The van der Waals surface area contributed by atoms with E-state index in [2.05, 4.69) is 41.5 Å². The van der Waals surface area contributed by atoms with Crippen LogP contribution >= 0.6 is 0 Å². The third-order valence-corrected chi connectivity index (χ3v) is 2.11. The number of unbranched alkanes of at least 4 members (excludes halogenated alkanes) is 3. The first-order valence-electron chi connectivity index (χ1n) is 6.49. The molecule has 0 spiro atoms. The van der Waals surface area contributed by atoms with Crippen molar-refractivity contribution in [2.75, 3.05) is 13.2 Å². The maximum absolute atomic E-state index is 5.66. The van der Waals surface area contributed by atoms with Gasteiger partial charge in [0.2, 0.25) is 0 Å². The van der Waals surface area contributed by atoms with E-state index in [1.807, 2.05) is 0 Å². The summed E-state index contributed by atoms with van der Waals surface area (Å²) in [6.07, 6.45) is 4.80. The van der Waals surface area contributed by atoms with Crippen molar-refractivity contribution in [1.82, 2.24) is 0 Å². The van der Waals surface area contributed by atoms with Crippen molar-refractivity contribution in [2.45, 2.75) is 78.4 Å². The highest BCUT2D eigenvalue weighted by atomic mass is 16.5. The molecule has 0 aromatic carbocycles. The van der Waals surface area contributed by atoms with E-state index >= 15 is 0 Å². The van der Waals surface area contributed by atoms with E-state index in [0.29, 0.717) is 0 Å². The van der Waals surface area contributed by atoms with Gasteiger partial charge in [-0.3, -0.25) is 0 Å². The van der Waals surface area contributed by atoms with Crippen LogP contribution in [0.25, 0.3) is 0 Å². The van der Waals surface area contributed by atoms with E-state index in [9.17, 15) is 0 Å². The van der Waals surface area contributed by atoms with Crippen molar-refractivity contribution in [1.29, 1.82) is 0 Å². The van der Waals surface area contributed by atoms with Crippen molar-refractivity contribution in [3.63, 3.8) is 0 Å². The average molecular weight is 230 g/mol. The van der Waals surface area contributed by atoms with Gasteiger partial charge in [-0.15, -0.1) is 0 Å². The first-order chi connectivity index (χ1) is 7.21. The molecule has 0 aromatic rings. The molecule has 0 fully saturated rings. The predicted molar refractivity (Wildman–Crippen MR) is 69.9 cm³/mol. The average Bonchev–Trinajstić information content (AvgIpc) is 2.06. The fourth-order valence-corrected chi connectivity index (χ4v) is 1.31. The lowest BCUT2D eigenvalue weighted by molar-refractivity contribution is -0.00976. The summed E-state index contributed by atoms with van der Waals surface area (Å²) in [7, 11) is 0. The van der Waals surface area contributed by atoms with E-state index in [0.717, 1.165) is 26.1 Å². The lowest BCUT2D eigenvalue weighted by Crippen LogP contribution is -2.20. The molecule has 0 rings (SSSR count). The summed E-state index contributed by atoms with van der Waals surface area (Å²) >= 11 is 0. The first-order valence-corrected chi connectivity index (χ1v) is 6.49. The Balaban J connectivity index is 3.17. The van der Waals surface area contributed by atoms with Gasteiger partial charge >= 0.3 is 0 Å². The molecule has 0 saturated heterocycles. The van der Waals surface area contributed by atoms with Gasteiger partial charge in [-0.1, -0.05) is 12.8 Å². The quantitative estimate of drug-likeness (QED) is 0.611. The van der Waals surface area contributed by atoms with Crippen LogP contribution in [0.4, 0.5) is 0 Å². The number of hydrogen-bond donors (Lipinski definition) is 0. The third kappa shape index (κ3) is 13.9. The maximum atomic E-state index is 5.66. The van der Waals surface area contributed by atoms with Crippen molar-refractivity contribution in [3.8, 4) is 0 Å². The van der Waals surface area contributed by atoms with Gasteiger partial charge in [-0.05, 0) is 54.4 Å². The zero-order valence-electron chi connectivity index (χ0n) is 12.1. The molecule has 0 atom stereocenters. The Morgan fingerprint density at radius 1 is 0.562 bits per heavy atom. The summed E-state index contributed by atoms with van der Waals surface area (Å²) in [5.41, 5.74) is 0.0185. The lowest BCUT2D eigenvalue weighted by atomic mass is 10.1. The molecule has 0 N–H and O–H groups in total. The van der Waals surface area contributed by atoms with Crippen LogP contribution in [0.2, 0.25) is 0 Å². The molecule has 0 aliphatic heterocycles. The normalized spacial score (nSPS) is 13.1. The third-order valence-electron chi connectivity index (χ3n) is 2.11. The van der Waals surface area contributed by atoms with Gasteiger partial charge in [0.05, 0.1) is 11.2 Å². The molecule has 16 heavy (non-hydrogen) atoms. The van der Waals surface area contributed by atoms with Gasteiger partial charge in [0.25, 0.3) is 0 Å². The van der Waals surface area contributed by atoms with E-state index < -0.39 is 0 Å². The van der Waals surface area contributed by atoms with Crippen LogP contribution in [0.1, 0.15) is 67.2 Å². The fraction of sp³-hybridized carbons (Fsp3) is 1.00. The highest BCUT2D eigenvalue weighted by Crippen LogP contribution is 2.11. The Morgan fingerprint density at radius 2 is 0.875 bits per heavy atom. The topological polar surface area (TPSA) is 18.5 Å². The molecule has 0 heterocycles. The second-order valence-corrected chi connectivity index (χ2v) is 6.34. The second-order valence-electron chi connectivity index (χ2n) is 6.34. The molecule has 0 bridgehead atoms. The van der Waals surface area contributed by atoms with Crippen LogP contribution in [0, 0.1) is 0 Å². The van der Waals surface area contributed by atoms with Gasteiger partial charge in [0.15, 0.2) is 0 Å². The van der Waals surface area contributed by atoms with Crippen LogP contribution in [-0.4, -0.2) is 24.4 Å². The van der Waals surface area contributed by atoms with Gasteiger partial charge in [0.1, 0.15) is 0 Å². The summed E-state index contributed by atoms with van der Waals surface area (Å²) in [6.45, 7) is 14.4. The molecule has 0 aliphatic carbocycles. The van der Waals surface area contributed by atoms with Crippen molar-refractivity contribution in [2.24, 2.45) is 0 Å². The zero-order chi connectivity index (χ0) is 12.7. The van der Waals surface area contributed by atoms with Crippen LogP contribution < -0.4 is 0 Å². The molecule has 2 heteroatoms. The van der Waals surface area contributed by atoms with Crippen LogP contribution in [0.15, 0.2) is 0 Å². The minimum atomic E-state index is 0.00927. The largest absolute Gasteiger partial charge is 0.376 e. The van der Waals surface area contributed by atoms with E-state index in [4.69, 9.17) is 9.47 Å². The molecule has 0 amide bonds. The highest BCUT2D eigenvalue weighted by molar-refractivity contribution is 4.59. The van der Waals surface area contributed by atoms with E-state index in [1.165, 1.54) is 12.8 Å². The number of hydrogen-bond acceptors (Lipinski definition) is 2. The summed E-state index contributed by atoms with van der Waals surface area (Å²) in [5.74, 6) is 0. The molecule has 0 aromatic heterocycles. The molecular formula is C14H30O2. The van der Waals surface area contributed by atoms with Crippen molar-refractivity contribution >= 4 is 0 Å². The standard InChI is InChI=1S/C14H30O2/c1-13(2,3)15-11-9-7-8-10-12-16-14(4,5)6/h7-12H2,1-6H3. The van der Waals surface area contributed by atoms with Gasteiger partial charge in [-0.25, -0.2) is 0 Å². The Kier molecular flexibility index (Phi) is 7.25. The molecule has 0 aliphatic rings. The molecule has 0 unspecified atom stereocenters. The van der Waals surface area contributed by atoms with E-state index in [1.54, 1.807) is 0 Å². The molecule has 0 radical (unpaired) electrons. The van der Waals surface area contributed by atoms with Crippen molar-refractivity contribution in [3.05, 3.63) is 0 Å². The minimum absolute atomic E-state index is 0.00927. The monoisotopic (exact) mass is 230 g/mol. The Bertz CT molecular complexity index is 143. The number of rotatable bonds is 7. The predicted octanol–water partition coefficient (Wildman–Crippen LogP) is 4.18. The Hall–Kier alpha value is -0.0800. The van der Waals surface area contributed by atoms with Crippen LogP contribution in [0.3, 0.4) is 0 Å². The molecule has 98 valence electrons. The number of ether oxygens (including phenoxy) is 2. The molecular weight excluding hydrogens is 200 g/mol.